The Labute approximate surface area is 121 Å². The molecule has 0 radical (unpaired) electrons. The largest absolute Gasteiger partial charge is 0.495 e. The van der Waals surface area contributed by atoms with Gasteiger partial charge in [-0.2, -0.15) is 0 Å². The summed E-state index contributed by atoms with van der Waals surface area (Å²) in [6.07, 6.45) is 0. The van der Waals surface area contributed by atoms with Gasteiger partial charge in [-0.25, -0.2) is 0 Å². The highest BCUT2D eigenvalue weighted by molar-refractivity contribution is 5.58. The summed E-state index contributed by atoms with van der Waals surface area (Å²) in [5.74, 6) is 0.867. The molecule has 0 saturated carbocycles. The number of nitrogens with two attached hydrogens (primary N) is 1. The lowest BCUT2D eigenvalue weighted by Crippen LogP contribution is -2.29. The number of rotatable bonds is 5. The number of aryl methyl sites for hydroxylation is 1. The molecule has 0 aromatic heterocycles. The lowest BCUT2D eigenvalue weighted by atomic mass is 10.1. The number of ether oxygens (including phenoxy) is 1. The second-order valence-electron chi connectivity index (χ2n) is 5.07. The van der Waals surface area contributed by atoms with Gasteiger partial charge in [0.25, 0.3) is 0 Å². The van der Waals surface area contributed by atoms with E-state index in [9.17, 15) is 0 Å². The van der Waals surface area contributed by atoms with Gasteiger partial charge in [-0.05, 0) is 24.6 Å². The maximum absolute atomic E-state index is 6.29. The Morgan fingerprint density at radius 2 is 1.75 bits per heavy atom. The molecule has 0 fully saturated rings. The number of benzene rings is 2. The lowest BCUT2D eigenvalue weighted by Gasteiger charge is -2.25. The minimum absolute atomic E-state index is 0.0227. The van der Waals surface area contributed by atoms with Gasteiger partial charge in [0.2, 0.25) is 0 Å². The fourth-order valence-electron chi connectivity index (χ4n) is 2.26. The third kappa shape index (κ3) is 3.31. The smallest absolute Gasteiger partial charge is 0.142 e. The van der Waals surface area contributed by atoms with E-state index in [2.05, 4.69) is 36.1 Å². The van der Waals surface area contributed by atoms with E-state index in [4.69, 9.17) is 10.5 Å². The topological polar surface area (TPSA) is 38.5 Å². The van der Waals surface area contributed by atoms with Gasteiger partial charge in [0.05, 0.1) is 12.8 Å². The lowest BCUT2D eigenvalue weighted by molar-refractivity contribution is 0.414. The Morgan fingerprint density at radius 1 is 1.10 bits per heavy atom. The van der Waals surface area contributed by atoms with Crippen molar-refractivity contribution < 1.29 is 4.74 Å². The molecule has 2 aromatic carbocycles. The van der Waals surface area contributed by atoms with E-state index in [-0.39, 0.29) is 6.04 Å². The van der Waals surface area contributed by atoms with Crippen molar-refractivity contribution in [2.24, 2.45) is 5.73 Å². The molecule has 2 aromatic rings. The molecule has 3 heteroatoms. The van der Waals surface area contributed by atoms with Crippen LogP contribution in [-0.2, 0) is 0 Å². The number of nitrogens with zero attached hydrogens (tertiary/aromatic N) is 1. The summed E-state index contributed by atoms with van der Waals surface area (Å²) in [6, 6.07) is 16.3. The second kappa shape index (κ2) is 6.44. The number of anilines is 1. The number of hydrogen-bond acceptors (Lipinski definition) is 3. The SMILES string of the molecule is COc1ccccc1N(C)CC(N)c1ccc(C)cc1. The zero-order valence-corrected chi connectivity index (χ0v) is 12.3. The fourth-order valence-corrected chi connectivity index (χ4v) is 2.26. The van der Waals surface area contributed by atoms with Crippen molar-refractivity contribution in [1.82, 2.24) is 0 Å². The van der Waals surface area contributed by atoms with E-state index in [1.807, 2.05) is 31.3 Å². The van der Waals surface area contributed by atoms with Crippen LogP contribution in [0.15, 0.2) is 48.5 Å². The van der Waals surface area contributed by atoms with E-state index in [0.717, 1.165) is 23.5 Å². The Morgan fingerprint density at radius 3 is 2.40 bits per heavy atom. The van der Waals surface area contributed by atoms with Crippen LogP contribution in [0.25, 0.3) is 0 Å². The predicted octanol–water partition coefficient (Wildman–Crippen LogP) is 3.14. The molecular formula is C17H22N2O. The Kier molecular flexibility index (Phi) is 4.64. The molecule has 0 saturated heterocycles. The zero-order chi connectivity index (χ0) is 14.5. The van der Waals surface area contributed by atoms with Crippen LogP contribution < -0.4 is 15.4 Å². The summed E-state index contributed by atoms with van der Waals surface area (Å²) in [5, 5.41) is 0. The maximum atomic E-state index is 6.29. The van der Waals surface area contributed by atoms with E-state index < -0.39 is 0 Å². The van der Waals surface area contributed by atoms with Crippen molar-refractivity contribution in [2.45, 2.75) is 13.0 Å². The first-order valence-corrected chi connectivity index (χ1v) is 6.78. The van der Waals surface area contributed by atoms with Crippen molar-refractivity contribution in [3.63, 3.8) is 0 Å². The minimum atomic E-state index is -0.0227. The van der Waals surface area contributed by atoms with Gasteiger partial charge >= 0.3 is 0 Å². The normalized spacial score (nSPS) is 12.0. The summed E-state index contributed by atoms with van der Waals surface area (Å²) in [6.45, 7) is 2.82. The van der Waals surface area contributed by atoms with Gasteiger partial charge in [0.15, 0.2) is 0 Å². The average molecular weight is 270 g/mol. The molecule has 1 atom stereocenters. The van der Waals surface area contributed by atoms with Gasteiger partial charge in [-0.15, -0.1) is 0 Å². The van der Waals surface area contributed by atoms with E-state index in [0.29, 0.717) is 0 Å². The summed E-state index contributed by atoms with van der Waals surface area (Å²) < 4.78 is 5.39. The van der Waals surface area contributed by atoms with Crippen molar-refractivity contribution in [3.8, 4) is 5.75 Å². The highest BCUT2D eigenvalue weighted by Gasteiger charge is 2.12. The molecule has 0 spiro atoms. The molecule has 0 aliphatic heterocycles. The zero-order valence-electron chi connectivity index (χ0n) is 12.3. The van der Waals surface area contributed by atoms with Crippen LogP contribution in [0.1, 0.15) is 17.2 Å². The van der Waals surface area contributed by atoms with Gasteiger partial charge in [0, 0.05) is 19.6 Å². The third-order valence-electron chi connectivity index (χ3n) is 3.47. The Hall–Kier alpha value is -2.00. The Bertz CT molecular complexity index is 551. The van der Waals surface area contributed by atoms with Gasteiger partial charge in [-0.1, -0.05) is 42.0 Å². The van der Waals surface area contributed by atoms with Crippen molar-refractivity contribution in [1.29, 1.82) is 0 Å². The fraction of sp³-hybridized carbons (Fsp3) is 0.294. The van der Waals surface area contributed by atoms with Crippen LogP contribution in [-0.4, -0.2) is 20.7 Å². The monoisotopic (exact) mass is 270 g/mol. The standard InChI is InChI=1S/C17H22N2O/c1-13-8-10-14(11-9-13)15(18)12-19(2)16-6-4-5-7-17(16)20-3/h4-11,15H,12,18H2,1-3H3. The molecule has 3 nitrogen and oxygen atoms in total. The number of para-hydroxylation sites is 2. The summed E-state index contributed by atoms with van der Waals surface area (Å²) in [4.78, 5) is 2.13. The second-order valence-corrected chi connectivity index (χ2v) is 5.07. The summed E-state index contributed by atoms with van der Waals surface area (Å²) in [7, 11) is 3.72. The Balaban J connectivity index is 2.10. The molecule has 1 unspecified atom stereocenters. The molecule has 2 rings (SSSR count). The van der Waals surface area contributed by atoms with Gasteiger partial charge < -0.3 is 15.4 Å². The molecule has 106 valence electrons. The van der Waals surface area contributed by atoms with Crippen LogP contribution in [0.2, 0.25) is 0 Å². The van der Waals surface area contributed by atoms with E-state index in [1.54, 1.807) is 7.11 Å². The van der Waals surface area contributed by atoms with Crippen LogP contribution in [0.5, 0.6) is 5.75 Å². The number of methoxy groups -OCH3 is 1. The molecular weight excluding hydrogens is 248 g/mol. The first-order chi connectivity index (χ1) is 9.61. The molecule has 0 bridgehead atoms. The predicted molar refractivity (Wildman–Crippen MR) is 84.4 cm³/mol. The van der Waals surface area contributed by atoms with Crippen LogP contribution >= 0.6 is 0 Å². The molecule has 20 heavy (non-hydrogen) atoms. The van der Waals surface area contributed by atoms with Crippen molar-refractivity contribution in [3.05, 3.63) is 59.7 Å². The molecule has 2 N–H and O–H groups in total. The van der Waals surface area contributed by atoms with Crippen LogP contribution in [0.3, 0.4) is 0 Å². The molecule has 0 heterocycles. The van der Waals surface area contributed by atoms with Crippen LogP contribution in [0, 0.1) is 6.92 Å². The molecule has 0 aliphatic carbocycles. The van der Waals surface area contributed by atoms with Gasteiger partial charge in [0.1, 0.15) is 5.75 Å². The first kappa shape index (κ1) is 14.4. The summed E-state index contributed by atoms with van der Waals surface area (Å²) >= 11 is 0. The van der Waals surface area contributed by atoms with Crippen molar-refractivity contribution >= 4 is 5.69 Å². The average Bonchev–Trinajstić information content (AvgIpc) is 2.47. The molecule has 0 aliphatic rings. The molecule has 0 amide bonds. The quantitative estimate of drug-likeness (QED) is 0.907. The highest BCUT2D eigenvalue weighted by atomic mass is 16.5. The first-order valence-electron chi connectivity index (χ1n) is 6.78. The van der Waals surface area contributed by atoms with E-state index in [1.165, 1.54) is 5.56 Å². The minimum Gasteiger partial charge on any atom is -0.495 e. The van der Waals surface area contributed by atoms with Crippen LogP contribution in [0.4, 0.5) is 5.69 Å². The highest BCUT2D eigenvalue weighted by Crippen LogP contribution is 2.27. The van der Waals surface area contributed by atoms with E-state index >= 15 is 0 Å². The van der Waals surface area contributed by atoms with Gasteiger partial charge in [-0.3, -0.25) is 0 Å². The van der Waals surface area contributed by atoms with Crippen molar-refractivity contribution in [2.75, 3.05) is 25.6 Å². The summed E-state index contributed by atoms with van der Waals surface area (Å²) in [5.41, 5.74) is 9.75. The number of likely N-dealkylation sites (N-methyl/N-ethyl adjacent to an activating group) is 1. The number of hydrogen-bond donors (Lipinski definition) is 1. The maximum Gasteiger partial charge on any atom is 0.142 e. The third-order valence-corrected chi connectivity index (χ3v) is 3.47.